The van der Waals surface area contributed by atoms with Crippen LogP contribution in [-0.2, 0) is 32.3 Å². The first-order valence-electron chi connectivity index (χ1n) is 21.1. The van der Waals surface area contributed by atoms with Gasteiger partial charge in [-0.15, -0.1) is 0 Å². The second-order valence-electron chi connectivity index (χ2n) is 14.7. The Morgan fingerprint density at radius 3 is 1.22 bits per heavy atom. The molecule has 9 nitrogen and oxygen atoms in total. The summed E-state index contributed by atoms with van der Waals surface area (Å²) in [6.07, 6.45) is 7.59. The van der Waals surface area contributed by atoms with Gasteiger partial charge in [-0.2, -0.15) is 0 Å². The average Bonchev–Trinajstić information content (AvgIpc) is 3.39. The van der Waals surface area contributed by atoms with Crippen molar-refractivity contribution in [2.45, 2.75) is 32.8 Å². The number of carbonyl (C=O) groups is 4. The zero-order valence-corrected chi connectivity index (χ0v) is 37.8. The minimum Gasteiger partial charge on any atom is -0.457 e. The van der Waals surface area contributed by atoms with Gasteiger partial charge in [0, 0.05) is 12.6 Å². The molecule has 0 heterocycles. The van der Waals surface area contributed by atoms with Crippen LogP contribution >= 0.6 is 6.89 Å². The lowest BCUT2D eigenvalue weighted by Gasteiger charge is -2.31. The summed E-state index contributed by atoms with van der Waals surface area (Å²) in [5.41, 5.74) is 3.80. The van der Waals surface area contributed by atoms with Gasteiger partial charge in [-0.05, 0) is 58.9 Å². The van der Waals surface area contributed by atoms with Gasteiger partial charge in [-0.1, -0.05) is 229 Å². The molecule has 0 unspecified atom stereocenters. The third kappa shape index (κ3) is 12.8. The van der Waals surface area contributed by atoms with E-state index in [1.165, 1.54) is 12.1 Å². The molecule has 0 aromatic heterocycles. The Morgan fingerprint density at radius 2 is 0.851 bits per heavy atom. The van der Waals surface area contributed by atoms with E-state index in [9.17, 15) is 29.4 Å². The Morgan fingerprint density at radius 1 is 0.507 bits per heavy atom. The predicted octanol–water partition coefficient (Wildman–Crippen LogP) is 9.25. The largest absolute Gasteiger partial charge is 0.457 e. The lowest BCUT2D eigenvalue weighted by Crippen LogP contribution is -2.47. The molecule has 7 aromatic rings. The van der Waals surface area contributed by atoms with Crippen LogP contribution in [0.25, 0.3) is 12.2 Å². The summed E-state index contributed by atoms with van der Waals surface area (Å²) in [5.74, 6) is -6.71. The molecular formula is C56H52FO9P. The van der Waals surface area contributed by atoms with Crippen molar-refractivity contribution in [1.29, 1.82) is 0 Å². The molecule has 0 aliphatic rings. The number of hydrogen-bond acceptors (Lipinski definition) is 9. The summed E-state index contributed by atoms with van der Waals surface area (Å²) < 4.78 is 19.3. The highest BCUT2D eigenvalue weighted by molar-refractivity contribution is 7.97. The zero-order valence-electron chi connectivity index (χ0n) is 36.9. The number of aliphatic hydroxyl groups is 2. The van der Waals surface area contributed by atoms with E-state index in [1.807, 2.05) is 172 Å². The van der Waals surface area contributed by atoms with Crippen LogP contribution in [0.4, 0.5) is 4.53 Å². The Hall–Kier alpha value is -7.59. The number of ether oxygens (including phenoxy) is 2. The maximum Gasteiger partial charge on any atom is 0.375 e. The van der Waals surface area contributed by atoms with Gasteiger partial charge in [0.2, 0.25) is 11.6 Å². The number of benzene rings is 7. The summed E-state index contributed by atoms with van der Waals surface area (Å²) in [6.45, 7) is 0.705. The summed E-state index contributed by atoms with van der Waals surface area (Å²) >= 11 is 0. The van der Waals surface area contributed by atoms with Gasteiger partial charge in [0.25, 0.3) is 0 Å². The highest BCUT2D eigenvalue weighted by Gasteiger charge is 2.44. The normalized spacial score (nSPS) is 11.1. The van der Waals surface area contributed by atoms with Gasteiger partial charge in [-0.25, -0.2) is 14.9 Å². The predicted molar refractivity (Wildman–Crippen MR) is 266 cm³/mol. The van der Waals surface area contributed by atoms with Crippen LogP contribution in [0.2, 0.25) is 0 Å². The fourth-order valence-electron chi connectivity index (χ4n) is 7.09. The molecular weight excluding hydrogens is 867 g/mol. The minimum absolute atomic E-state index is 0. The zero-order chi connectivity index (χ0) is 48.1. The number of carbonyl (C=O) groups excluding carboxylic acids is 4. The topological polar surface area (TPSA) is 147 Å². The monoisotopic (exact) mass is 920 g/mol. The lowest BCUT2D eigenvalue weighted by atomic mass is 10.0. The van der Waals surface area contributed by atoms with Crippen molar-refractivity contribution in [3.8, 4) is 0 Å². The quantitative estimate of drug-likeness (QED) is 0.0301. The van der Waals surface area contributed by atoms with Crippen LogP contribution in [0, 0.1) is 0 Å². The van der Waals surface area contributed by atoms with Crippen molar-refractivity contribution in [1.82, 2.24) is 0 Å². The maximum absolute atomic E-state index is 14.7. The molecule has 7 rings (SSSR count). The molecule has 67 heavy (non-hydrogen) atoms. The molecule has 0 radical (unpaired) electrons. The van der Waals surface area contributed by atoms with Crippen molar-refractivity contribution in [2.75, 3.05) is 0 Å². The molecule has 11 heteroatoms. The Bertz CT molecular complexity index is 2700. The van der Waals surface area contributed by atoms with Gasteiger partial charge >= 0.3 is 17.7 Å². The first-order valence-corrected chi connectivity index (χ1v) is 22.9. The molecule has 0 amide bonds. The molecule has 0 saturated carbocycles. The van der Waals surface area contributed by atoms with E-state index in [1.54, 1.807) is 54.6 Å². The highest BCUT2D eigenvalue weighted by atomic mass is 31.2. The van der Waals surface area contributed by atoms with Crippen LogP contribution in [-0.4, -0.2) is 50.1 Å². The van der Waals surface area contributed by atoms with Crippen LogP contribution in [0.3, 0.4) is 0 Å². The SMILES string of the molecule is C/C=C/c1ccc(C(=O)C(C(=O)OCc2ccccc2)=P(c2ccccc2)(c2ccccc2)c2ccccc2)cc1.C/C=C/c1ccc(C(=O)C(O)(O)C(=O)OCc2ccccc2)cc1.OF.[3HH]. The van der Waals surface area contributed by atoms with E-state index in [4.69, 9.17) is 19.3 Å². The number of esters is 2. The van der Waals surface area contributed by atoms with Gasteiger partial charge in [0.1, 0.15) is 18.5 Å². The second kappa shape index (κ2) is 25.2. The molecule has 0 fully saturated rings. The maximum atomic E-state index is 14.7. The molecule has 0 spiro atoms. The summed E-state index contributed by atoms with van der Waals surface area (Å²) in [4.78, 5) is 53.1. The van der Waals surface area contributed by atoms with Crippen LogP contribution in [0.15, 0.2) is 212 Å². The average molecular weight is 921 g/mol. The first kappa shape index (κ1) is 50.4. The Labute approximate surface area is 391 Å². The van der Waals surface area contributed by atoms with Gasteiger partial charge in [0.05, 0.1) is 0 Å². The molecule has 7 aromatic carbocycles. The number of allylic oxidation sites excluding steroid dienone is 2. The van der Waals surface area contributed by atoms with Crippen LogP contribution < -0.4 is 15.9 Å². The summed E-state index contributed by atoms with van der Waals surface area (Å²) in [5, 5.41) is 28.1. The third-order valence-electron chi connectivity index (χ3n) is 10.3. The molecule has 0 aliphatic carbocycles. The van der Waals surface area contributed by atoms with Crippen LogP contribution in [0.5, 0.6) is 0 Å². The minimum atomic E-state index is -3.23. The summed E-state index contributed by atoms with van der Waals surface area (Å²) in [6, 6.07) is 61.4. The smallest absolute Gasteiger partial charge is 0.375 e. The van der Waals surface area contributed by atoms with Crippen molar-refractivity contribution >= 4 is 63.8 Å². The van der Waals surface area contributed by atoms with Crippen molar-refractivity contribution in [3.05, 3.63) is 246 Å². The van der Waals surface area contributed by atoms with E-state index in [2.05, 4.69) is 0 Å². The number of ketones is 2. The molecule has 342 valence electrons. The standard InChI is InChI=1S/C37H31O3P.C19H18O5.FHO.H2/c1-2-15-29-24-26-31(27-25-29)35(38)36(37(39)40-28-30-16-7-3-8-17-30)41(32-18-9-4-10-19-32,33-20-11-5-12-21-33)34-22-13-6-14-23-34;1-2-6-14-9-11-16(12-10-14)17(20)19(22,23)18(21)24-13-15-7-4-3-5-8-15;1-2;/h2-27H,28H2,1H3;2-12,22-23H,13H2,1H3;2H;1H/b15-2+;6-2+;;/i;;;1+2. The van der Waals surface area contributed by atoms with E-state index in [0.717, 1.165) is 32.6 Å². The van der Waals surface area contributed by atoms with E-state index in [-0.39, 0.29) is 31.3 Å². The van der Waals surface area contributed by atoms with Gasteiger partial charge < -0.3 is 19.7 Å². The molecule has 3 N–H and O–H groups in total. The van der Waals surface area contributed by atoms with Crippen molar-refractivity contribution in [3.63, 3.8) is 0 Å². The molecule has 0 saturated heterocycles. The summed E-state index contributed by atoms with van der Waals surface area (Å²) in [7, 11) is 0. The lowest BCUT2D eigenvalue weighted by molar-refractivity contribution is -0.193. The number of halogens is 1. The Balaban J connectivity index is 0.000000319. The van der Waals surface area contributed by atoms with Crippen molar-refractivity contribution in [2.24, 2.45) is 0 Å². The number of hydrogen-bond donors (Lipinski definition) is 3. The van der Waals surface area contributed by atoms with E-state index in [0.29, 0.717) is 11.1 Å². The highest BCUT2D eigenvalue weighted by Crippen LogP contribution is 2.47. The van der Waals surface area contributed by atoms with Gasteiger partial charge in [0.15, 0.2) is 0 Å². The van der Waals surface area contributed by atoms with E-state index >= 15 is 0 Å². The van der Waals surface area contributed by atoms with Crippen molar-refractivity contribution < 1.29 is 50.1 Å². The first-order chi connectivity index (χ1) is 32.6. The Kier molecular flexibility index (Phi) is 19.0. The molecule has 0 aliphatic heterocycles. The fraction of sp³-hybridized carbons (Fsp3) is 0.0893. The molecule has 0 bridgehead atoms. The fourth-order valence-corrected chi connectivity index (χ4v) is 11.4. The number of rotatable bonds is 15. The molecule has 0 atom stereocenters. The number of Topliss-reactive ketones (excluding diaryl/α,β-unsaturated/α-hetero) is 2. The van der Waals surface area contributed by atoms with Crippen LogP contribution in [0.1, 0.15) is 58.2 Å². The second-order valence-corrected chi connectivity index (χ2v) is 18.1. The van der Waals surface area contributed by atoms with E-state index < -0.39 is 30.4 Å². The van der Waals surface area contributed by atoms with Gasteiger partial charge in [-0.3, -0.25) is 9.59 Å². The third-order valence-corrected chi connectivity index (χ3v) is 14.5.